The van der Waals surface area contributed by atoms with Gasteiger partial charge in [-0.15, -0.1) is 0 Å². The maximum atomic E-state index is 12.8. The third-order valence-corrected chi connectivity index (χ3v) is 5.61. The number of pyridine rings is 1. The van der Waals surface area contributed by atoms with E-state index in [4.69, 9.17) is 15.2 Å². The van der Waals surface area contributed by atoms with Crippen molar-refractivity contribution in [2.75, 3.05) is 20.3 Å². The molecule has 7 heteroatoms. The third kappa shape index (κ3) is 4.36. The molecule has 33 heavy (non-hydrogen) atoms. The lowest BCUT2D eigenvalue weighted by Crippen LogP contribution is -2.24. The Balaban J connectivity index is 1.88. The highest BCUT2D eigenvalue weighted by Crippen LogP contribution is 2.34. The van der Waals surface area contributed by atoms with Gasteiger partial charge in [-0.2, -0.15) is 0 Å². The Bertz CT molecular complexity index is 1310. The molecule has 0 bridgehead atoms. The number of carbonyl (C=O) groups excluding carboxylic acids is 2. The molecule has 4 rings (SSSR count). The molecule has 2 heterocycles. The maximum absolute atomic E-state index is 12.8. The number of ether oxygens (including phenoxy) is 2. The van der Waals surface area contributed by atoms with Crippen molar-refractivity contribution in [3.8, 4) is 17.0 Å². The van der Waals surface area contributed by atoms with Gasteiger partial charge < -0.3 is 19.8 Å². The van der Waals surface area contributed by atoms with Crippen molar-refractivity contribution in [1.82, 2.24) is 9.55 Å². The highest BCUT2D eigenvalue weighted by atomic mass is 16.5. The Kier molecular flexibility index (Phi) is 6.51. The molecule has 7 nitrogen and oxygen atoms in total. The Morgan fingerprint density at radius 1 is 1.00 bits per heavy atom. The minimum atomic E-state index is -1.02. The van der Waals surface area contributed by atoms with Crippen LogP contribution in [-0.2, 0) is 16.1 Å². The summed E-state index contributed by atoms with van der Waals surface area (Å²) in [5.74, 6) is -1.52. The molecular formula is C26H25N3O4. The van der Waals surface area contributed by atoms with E-state index in [2.05, 4.69) is 29.2 Å². The summed E-state index contributed by atoms with van der Waals surface area (Å²) in [4.78, 5) is 29.0. The van der Waals surface area contributed by atoms with E-state index in [1.165, 1.54) is 0 Å². The number of ketones is 1. The summed E-state index contributed by atoms with van der Waals surface area (Å²) in [5.41, 5.74) is 10.2. The normalized spacial score (nSPS) is 11.0. The molecule has 0 unspecified atom stereocenters. The van der Waals surface area contributed by atoms with Gasteiger partial charge in [0, 0.05) is 25.5 Å². The molecule has 2 aromatic carbocycles. The second kappa shape index (κ2) is 9.67. The van der Waals surface area contributed by atoms with Gasteiger partial charge in [0.1, 0.15) is 6.61 Å². The minimum Gasteiger partial charge on any atom is -0.475 e. The van der Waals surface area contributed by atoms with Crippen molar-refractivity contribution in [3.63, 3.8) is 0 Å². The summed E-state index contributed by atoms with van der Waals surface area (Å²) in [6.45, 7) is 2.91. The zero-order chi connectivity index (χ0) is 23.4. The molecule has 0 spiro atoms. The highest BCUT2D eigenvalue weighted by molar-refractivity contribution is 6.45. The SMILES string of the molecule is COCCOc1nccc2c1c(C(=O)C(N)=O)c(C)n2Cc1ccccc1-c1ccccc1. The number of fused-ring (bicyclic) bond motifs is 1. The van der Waals surface area contributed by atoms with Crippen molar-refractivity contribution in [1.29, 1.82) is 0 Å². The summed E-state index contributed by atoms with van der Waals surface area (Å²) in [5, 5.41) is 0.479. The average molecular weight is 444 g/mol. The predicted octanol–water partition coefficient (Wildman–Crippen LogP) is 3.75. The lowest BCUT2D eigenvalue weighted by molar-refractivity contribution is -0.114. The number of methoxy groups -OCH3 is 1. The molecule has 168 valence electrons. The van der Waals surface area contributed by atoms with Crippen LogP contribution < -0.4 is 10.5 Å². The van der Waals surface area contributed by atoms with E-state index in [-0.39, 0.29) is 18.1 Å². The zero-order valence-corrected chi connectivity index (χ0v) is 18.6. The number of nitrogens with two attached hydrogens (primary N) is 1. The molecule has 0 fully saturated rings. The fourth-order valence-electron chi connectivity index (χ4n) is 4.05. The van der Waals surface area contributed by atoms with Crippen LogP contribution in [0.1, 0.15) is 21.6 Å². The van der Waals surface area contributed by atoms with Crippen LogP contribution in [-0.4, -0.2) is 41.6 Å². The van der Waals surface area contributed by atoms with Crippen molar-refractivity contribution >= 4 is 22.6 Å². The van der Waals surface area contributed by atoms with Crippen molar-refractivity contribution in [2.45, 2.75) is 13.5 Å². The largest absolute Gasteiger partial charge is 0.475 e. The Labute approximate surface area is 191 Å². The van der Waals surface area contributed by atoms with Gasteiger partial charge in [0.25, 0.3) is 11.7 Å². The van der Waals surface area contributed by atoms with E-state index in [0.29, 0.717) is 24.2 Å². The Morgan fingerprint density at radius 3 is 2.45 bits per heavy atom. The highest BCUT2D eigenvalue weighted by Gasteiger charge is 2.27. The predicted molar refractivity (Wildman–Crippen MR) is 126 cm³/mol. The summed E-state index contributed by atoms with van der Waals surface area (Å²) < 4.78 is 12.8. The van der Waals surface area contributed by atoms with Crippen LogP contribution in [0.3, 0.4) is 0 Å². The van der Waals surface area contributed by atoms with E-state index in [1.54, 1.807) is 20.2 Å². The second-order valence-electron chi connectivity index (χ2n) is 7.61. The van der Waals surface area contributed by atoms with Crippen LogP contribution in [0.25, 0.3) is 22.0 Å². The first-order valence-electron chi connectivity index (χ1n) is 10.6. The molecule has 0 aliphatic heterocycles. The average Bonchev–Trinajstić information content (AvgIpc) is 3.11. The molecule has 0 radical (unpaired) electrons. The molecule has 0 aliphatic rings. The molecule has 4 aromatic rings. The molecular weight excluding hydrogens is 418 g/mol. The van der Waals surface area contributed by atoms with E-state index in [0.717, 1.165) is 22.2 Å². The van der Waals surface area contributed by atoms with Crippen molar-refractivity contribution < 1.29 is 19.1 Å². The van der Waals surface area contributed by atoms with Crippen LogP contribution in [0.15, 0.2) is 66.9 Å². The summed E-state index contributed by atoms with van der Waals surface area (Å²) in [6.07, 6.45) is 1.63. The van der Waals surface area contributed by atoms with Gasteiger partial charge in [0.05, 0.1) is 23.1 Å². The summed E-state index contributed by atoms with van der Waals surface area (Å²) in [6, 6.07) is 20.0. The maximum Gasteiger partial charge on any atom is 0.289 e. The van der Waals surface area contributed by atoms with E-state index in [9.17, 15) is 9.59 Å². The smallest absolute Gasteiger partial charge is 0.289 e. The van der Waals surface area contributed by atoms with Gasteiger partial charge >= 0.3 is 0 Å². The van der Waals surface area contributed by atoms with Crippen LogP contribution >= 0.6 is 0 Å². The van der Waals surface area contributed by atoms with E-state index < -0.39 is 11.7 Å². The molecule has 0 saturated heterocycles. The Hall–Kier alpha value is -3.97. The number of primary amides is 1. The number of carbonyl (C=O) groups is 2. The number of nitrogens with zero attached hydrogens (tertiary/aromatic N) is 2. The van der Waals surface area contributed by atoms with Gasteiger partial charge in [-0.1, -0.05) is 54.6 Å². The first-order chi connectivity index (χ1) is 16.0. The number of aromatic nitrogens is 2. The van der Waals surface area contributed by atoms with Crippen molar-refractivity contribution in [2.24, 2.45) is 5.73 Å². The summed E-state index contributed by atoms with van der Waals surface area (Å²) in [7, 11) is 1.57. The first-order valence-corrected chi connectivity index (χ1v) is 10.6. The number of hydrogen-bond acceptors (Lipinski definition) is 5. The molecule has 2 aromatic heterocycles. The first kappa shape index (κ1) is 22.2. The summed E-state index contributed by atoms with van der Waals surface area (Å²) >= 11 is 0. The fraction of sp³-hybridized carbons (Fsp3) is 0.192. The van der Waals surface area contributed by atoms with Gasteiger partial charge in [0.2, 0.25) is 5.88 Å². The second-order valence-corrected chi connectivity index (χ2v) is 7.61. The molecule has 0 saturated carbocycles. The third-order valence-electron chi connectivity index (χ3n) is 5.61. The lowest BCUT2D eigenvalue weighted by Gasteiger charge is -2.14. The molecule has 1 amide bonds. The monoisotopic (exact) mass is 443 g/mol. The van der Waals surface area contributed by atoms with Crippen LogP contribution in [0.2, 0.25) is 0 Å². The zero-order valence-electron chi connectivity index (χ0n) is 18.6. The van der Waals surface area contributed by atoms with Gasteiger partial charge in [-0.3, -0.25) is 9.59 Å². The quantitative estimate of drug-likeness (QED) is 0.241. The van der Waals surface area contributed by atoms with Gasteiger partial charge in [-0.25, -0.2) is 4.98 Å². The topological polar surface area (TPSA) is 96.4 Å². The van der Waals surface area contributed by atoms with Crippen LogP contribution in [0, 0.1) is 6.92 Å². The number of Topliss-reactive ketones (excluding diaryl/α,β-unsaturated/α-hetero) is 1. The van der Waals surface area contributed by atoms with E-state index >= 15 is 0 Å². The van der Waals surface area contributed by atoms with Crippen LogP contribution in [0.5, 0.6) is 5.88 Å². The Morgan fingerprint density at radius 2 is 1.73 bits per heavy atom. The van der Waals surface area contributed by atoms with Gasteiger partial charge in [0.15, 0.2) is 0 Å². The lowest BCUT2D eigenvalue weighted by atomic mass is 9.99. The minimum absolute atomic E-state index is 0.218. The number of rotatable bonds is 9. The van der Waals surface area contributed by atoms with Gasteiger partial charge in [-0.05, 0) is 29.7 Å². The van der Waals surface area contributed by atoms with E-state index in [1.807, 2.05) is 41.0 Å². The van der Waals surface area contributed by atoms with Crippen molar-refractivity contribution in [3.05, 3.63) is 83.7 Å². The number of benzene rings is 2. The number of amides is 1. The molecule has 0 atom stereocenters. The number of hydrogen-bond donors (Lipinski definition) is 1. The fourth-order valence-corrected chi connectivity index (χ4v) is 4.05. The molecule has 2 N–H and O–H groups in total. The van der Waals surface area contributed by atoms with Crippen LogP contribution in [0.4, 0.5) is 0 Å². The molecule has 0 aliphatic carbocycles. The standard InChI is InChI=1S/C26H25N3O4/c1-17-22(24(30)25(27)31)23-21(12-13-28-26(23)33-15-14-32-2)29(17)16-19-10-6-7-11-20(19)18-8-4-3-5-9-18/h3-13H,14-16H2,1-2H3,(H2,27,31).